The average Bonchev–Trinajstić information content (AvgIpc) is 3.20. The maximum atomic E-state index is 11.8. The lowest BCUT2D eigenvalue weighted by atomic mass is 9.87. The smallest absolute Gasteiger partial charge is 0.220 e. The molecule has 2 aliphatic rings. The third-order valence-corrected chi connectivity index (χ3v) is 4.39. The van der Waals surface area contributed by atoms with Crippen LogP contribution in [0.2, 0.25) is 0 Å². The van der Waals surface area contributed by atoms with E-state index in [9.17, 15) is 9.90 Å². The SMILES string of the molecule is CCCCNC(=O)CC1(CC2(CO)CC2)CC1. The fraction of sp³-hybridized carbons (Fsp3) is 0.929. The second-order valence-corrected chi connectivity index (χ2v) is 6.22. The number of amides is 1. The zero-order valence-corrected chi connectivity index (χ0v) is 10.9. The van der Waals surface area contributed by atoms with Crippen LogP contribution in [0, 0.1) is 10.8 Å². The summed E-state index contributed by atoms with van der Waals surface area (Å²) in [6.07, 6.45) is 8.60. The number of carbonyl (C=O) groups is 1. The first kappa shape index (κ1) is 12.9. The average molecular weight is 239 g/mol. The van der Waals surface area contributed by atoms with Crippen LogP contribution in [0.1, 0.15) is 58.3 Å². The van der Waals surface area contributed by atoms with Crippen molar-refractivity contribution in [2.45, 2.75) is 58.3 Å². The van der Waals surface area contributed by atoms with Crippen LogP contribution in [0.5, 0.6) is 0 Å². The molecule has 0 aromatic rings. The van der Waals surface area contributed by atoms with Gasteiger partial charge >= 0.3 is 0 Å². The van der Waals surface area contributed by atoms with E-state index in [0.717, 1.165) is 38.6 Å². The molecule has 0 spiro atoms. The van der Waals surface area contributed by atoms with Crippen molar-refractivity contribution in [1.29, 1.82) is 0 Å². The Balaban J connectivity index is 1.72. The van der Waals surface area contributed by atoms with Gasteiger partial charge in [0.2, 0.25) is 5.91 Å². The summed E-state index contributed by atoms with van der Waals surface area (Å²) < 4.78 is 0. The third-order valence-electron chi connectivity index (χ3n) is 4.39. The third kappa shape index (κ3) is 3.44. The number of rotatable bonds is 8. The van der Waals surface area contributed by atoms with Crippen LogP contribution in [0.4, 0.5) is 0 Å². The van der Waals surface area contributed by atoms with Crippen LogP contribution in [0.15, 0.2) is 0 Å². The molecule has 17 heavy (non-hydrogen) atoms. The number of hydrogen-bond acceptors (Lipinski definition) is 2. The highest BCUT2D eigenvalue weighted by Gasteiger charge is 2.54. The molecule has 2 N–H and O–H groups in total. The maximum absolute atomic E-state index is 11.8. The number of nitrogens with one attached hydrogen (secondary N) is 1. The van der Waals surface area contributed by atoms with Crippen molar-refractivity contribution in [2.75, 3.05) is 13.2 Å². The Labute approximate surface area is 104 Å². The Kier molecular flexibility index (Phi) is 3.76. The second kappa shape index (κ2) is 4.97. The summed E-state index contributed by atoms with van der Waals surface area (Å²) in [5.41, 5.74) is 0.440. The van der Waals surface area contributed by atoms with E-state index in [0.29, 0.717) is 13.0 Å². The van der Waals surface area contributed by atoms with Gasteiger partial charge in [-0.25, -0.2) is 0 Å². The van der Waals surface area contributed by atoms with Gasteiger partial charge in [0.15, 0.2) is 0 Å². The number of unbranched alkanes of at least 4 members (excludes halogenated alkanes) is 1. The summed E-state index contributed by atoms with van der Waals surface area (Å²) in [6.45, 7) is 3.26. The predicted molar refractivity (Wildman–Crippen MR) is 67.6 cm³/mol. The molecule has 0 aromatic carbocycles. The van der Waals surface area contributed by atoms with Crippen molar-refractivity contribution in [1.82, 2.24) is 5.32 Å². The molecular formula is C14H25NO2. The van der Waals surface area contributed by atoms with Gasteiger partial charge in [0.25, 0.3) is 0 Å². The molecule has 3 nitrogen and oxygen atoms in total. The highest BCUT2D eigenvalue weighted by atomic mass is 16.3. The van der Waals surface area contributed by atoms with Crippen molar-refractivity contribution in [3.05, 3.63) is 0 Å². The van der Waals surface area contributed by atoms with E-state index in [1.54, 1.807) is 0 Å². The molecule has 0 heterocycles. The zero-order chi connectivity index (χ0) is 12.4. The lowest BCUT2D eigenvalue weighted by Gasteiger charge is -2.20. The fourth-order valence-corrected chi connectivity index (χ4v) is 2.76. The molecule has 0 atom stereocenters. The summed E-state index contributed by atoms with van der Waals surface area (Å²) in [5, 5.41) is 12.4. The number of aliphatic hydroxyl groups excluding tert-OH is 1. The lowest BCUT2D eigenvalue weighted by molar-refractivity contribution is -0.122. The molecule has 2 saturated carbocycles. The van der Waals surface area contributed by atoms with E-state index >= 15 is 0 Å². The summed E-state index contributed by atoms with van der Waals surface area (Å²) in [5.74, 6) is 0.213. The van der Waals surface area contributed by atoms with E-state index in [1.807, 2.05) is 0 Å². The molecule has 2 rings (SSSR count). The highest BCUT2D eigenvalue weighted by molar-refractivity contribution is 5.77. The van der Waals surface area contributed by atoms with Crippen LogP contribution < -0.4 is 5.32 Å². The molecule has 3 heteroatoms. The van der Waals surface area contributed by atoms with Gasteiger partial charge in [0.05, 0.1) is 0 Å². The van der Waals surface area contributed by atoms with Crippen LogP contribution in [0.3, 0.4) is 0 Å². The van der Waals surface area contributed by atoms with Gasteiger partial charge in [0, 0.05) is 19.6 Å². The highest BCUT2D eigenvalue weighted by Crippen LogP contribution is 2.62. The molecule has 0 aromatic heterocycles. The van der Waals surface area contributed by atoms with Crippen LogP contribution in [-0.2, 0) is 4.79 Å². The lowest BCUT2D eigenvalue weighted by Crippen LogP contribution is -2.28. The van der Waals surface area contributed by atoms with Crippen molar-refractivity contribution >= 4 is 5.91 Å². The molecule has 0 bridgehead atoms. The topological polar surface area (TPSA) is 49.3 Å². The van der Waals surface area contributed by atoms with Gasteiger partial charge in [0.1, 0.15) is 0 Å². The first-order chi connectivity index (χ1) is 8.14. The van der Waals surface area contributed by atoms with Gasteiger partial charge in [-0.1, -0.05) is 13.3 Å². The first-order valence-corrected chi connectivity index (χ1v) is 7.01. The molecule has 2 aliphatic carbocycles. The Morgan fingerprint density at radius 1 is 1.24 bits per heavy atom. The quantitative estimate of drug-likeness (QED) is 0.638. The molecule has 2 fully saturated rings. The monoisotopic (exact) mass is 239 g/mol. The zero-order valence-electron chi connectivity index (χ0n) is 10.9. The molecule has 98 valence electrons. The minimum Gasteiger partial charge on any atom is -0.396 e. The number of carbonyl (C=O) groups excluding carboxylic acids is 1. The van der Waals surface area contributed by atoms with Crippen molar-refractivity contribution in [3.63, 3.8) is 0 Å². The van der Waals surface area contributed by atoms with Gasteiger partial charge in [-0.05, 0) is 49.4 Å². The van der Waals surface area contributed by atoms with Crippen LogP contribution in [-0.4, -0.2) is 24.2 Å². The molecular weight excluding hydrogens is 214 g/mol. The van der Waals surface area contributed by atoms with Crippen molar-refractivity contribution < 1.29 is 9.90 Å². The maximum Gasteiger partial charge on any atom is 0.220 e. The van der Waals surface area contributed by atoms with Crippen LogP contribution in [0.25, 0.3) is 0 Å². The molecule has 1 amide bonds. The standard InChI is InChI=1S/C14H25NO2/c1-2-3-8-15-12(17)9-13(4-5-13)10-14(11-16)6-7-14/h16H,2-11H2,1H3,(H,15,17). The van der Waals surface area contributed by atoms with Gasteiger partial charge in [-0.2, -0.15) is 0 Å². The van der Waals surface area contributed by atoms with Crippen molar-refractivity contribution in [3.8, 4) is 0 Å². The first-order valence-electron chi connectivity index (χ1n) is 7.01. The summed E-state index contributed by atoms with van der Waals surface area (Å²) in [6, 6.07) is 0. The Morgan fingerprint density at radius 2 is 1.88 bits per heavy atom. The minimum atomic E-state index is 0.195. The Morgan fingerprint density at radius 3 is 2.35 bits per heavy atom. The van der Waals surface area contributed by atoms with E-state index in [-0.39, 0.29) is 16.7 Å². The van der Waals surface area contributed by atoms with Gasteiger partial charge in [-0.3, -0.25) is 4.79 Å². The largest absolute Gasteiger partial charge is 0.396 e. The summed E-state index contributed by atoms with van der Waals surface area (Å²) in [4.78, 5) is 11.8. The van der Waals surface area contributed by atoms with E-state index < -0.39 is 0 Å². The van der Waals surface area contributed by atoms with Crippen molar-refractivity contribution in [2.24, 2.45) is 10.8 Å². The van der Waals surface area contributed by atoms with E-state index in [4.69, 9.17) is 0 Å². The number of hydrogen-bond donors (Lipinski definition) is 2. The molecule has 0 aliphatic heterocycles. The van der Waals surface area contributed by atoms with E-state index in [2.05, 4.69) is 12.2 Å². The predicted octanol–water partition coefficient (Wildman–Crippen LogP) is 2.24. The summed E-state index contributed by atoms with van der Waals surface area (Å²) in [7, 11) is 0. The fourth-order valence-electron chi connectivity index (χ4n) is 2.76. The molecule has 0 radical (unpaired) electrons. The summed E-state index contributed by atoms with van der Waals surface area (Å²) >= 11 is 0. The normalized spacial score (nSPS) is 23.2. The second-order valence-electron chi connectivity index (χ2n) is 6.22. The van der Waals surface area contributed by atoms with Gasteiger partial charge in [-0.15, -0.1) is 0 Å². The van der Waals surface area contributed by atoms with Gasteiger partial charge < -0.3 is 10.4 Å². The Hall–Kier alpha value is -0.570. The molecule has 0 saturated heterocycles. The van der Waals surface area contributed by atoms with Crippen LogP contribution >= 0.6 is 0 Å². The minimum absolute atomic E-state index is 0.195. The number of aliphatic hydroxyl groups is 1. The Bertz CT molecular complexity index is 280. The van der Waals surface area contributed by atoms with E-state index in [1.165, 1.54) is 12.8 Å². The molecule has 0 unspecified atom stereocenters.